The van der Waals surface area contributed by atoms with Crippen molar-refractivity contribution in [3.05, 3.63) is 15.6 Å². The van der Waals surface area contributed by atoms with Gasteiger partial charge in [0.2, 0.25) is 0 Å². The molecular formula is C12H19N3O2S. The van der Waals surface area contributed by atoms with Gasteiger partial charge in [-0.1, -0.05) is 0 Å². The first-order valence-corrected chi connectivity index (χ1v) is 6.85. The molecule has 6 heteroatoms. The van der Waals surface area contributed by atoms with Gasteiger partial charge in [-0.2, -0.15) is 0 Å². The van der Waals surface area contributed by atoms with Crippen molar-refractivity contribution in [2.75, 3.05) is 13.1 Å². The van der Waals surface area contributed by atoms with Crippen molar-refractivity contribution in [1.82, 2.24) is 9.88 Å². The van der Waals surface area contributed by atoms with Crippen LogP contribution >= 0.6 is 11.3 Å². The average molecular weight is 269 g/mol. The second-order valence-corrected chi connectivity index (χ2v) is 6.28. The fraction of sp³-hybridized carbons (Fsp3) is 0.667. The van der Waals surface area contributed by atoms with Crippen LogP contribution in [0.25, 0.3) is 0 Å². The summed E-state index contributed by atoms with van der Waals surface area (Å²) in [7, 11) is 0. The van der Waals surface area contributed by atoms with E-state index in [0.29, 0.717) is 13.0 Å². The summed E-state index contributed by atoms with van der Waals surface area (Å²) >= 11 is 1.68. The molecule has 0 saturated carbocycles. The summed E-state index contributed by atoms with van der Waals surface area (Å²) in [4.78, 5) is 18.9. The van der Waals surface area contributed by atoms with Crippen LogP contribution < -0.4 is 5.73 Å². The number of hydrogen-bond acceptors (Lipinski definition) is 5. The van der Waals surface area contributed by atoms with Gasteiger partial charge in [-0.3, -0.25) is 9.69 Å². The molecule has 1 aliphatic rings. The molecule has 0 aromatic carbocycles. The third kappa shape index (κ3) is 2.28. The molecule has 2 unspecified atom stereocenters. The van der Waals surface area contributed by atoms with Gasteiger partial charge in [-0.05, 0) is 27.2 Å². The molecule has 3 N–H and O–H groups in total. The summed E-state index contributed by atoms with van der Waals surface area (Å²) in [5.74, 6) is -0.908. The number of hydrogen-bond donors (Lipinski definition) is 2. The average Bonchev–Trinajstić information content (AvgIpc) is 2.82. The Morgan fingerprint density at radius 3 is 2.72 bits per heavy atom. The molecule has 100 valence electrons. The molecule has 1 aromatic heterocycles. The molecule has 2 rings (SSSR count). The van der Waals surface area contributed by atoms with Gasteiger partial charge in [-0.15, -0.1) is 11.3 Å². The van der Waals surface area contributed by atoms with E-state index in [1.165, 1.54) is 4.88 Å². The van der Waals surface area contributed by atoms with E-state index in [1.54, 1.807) is 11.3 Å². The lowest BCUT2D eigenvalue weighted by molar-refractivity contribution is -0.142. The standard InChI is InChI=1S/C12H19N3O2S/c1-7-10(18-9(3)14-7)8(2)15-5-4-12(13,6-15)11(16)17/h8H,4-6,13H2,1-3H3,(H,16,17). The van der Waals surface area contributed by atoms with E-state index >= 15 is 0 Å². The maximum atomic E-state index is 11.1. The molecule has 5 nitrogen and oxygen atoms in total. The van der Waals surface area contributed by atoms with E-state index in [1.807, 2.05) is 13.8 Å². The molecule has 1 aliphatic heterocycles. The SMILES string of the molecule is Cc1nc(C)c(C(C)N2CCC(N)(C(=O)O)C2)s1. The lowest BCUT2D eigenvalue weighted by Gasteiger charge is -2.25. The Bertz CT molecular complexity index is 474. The van der Waals surface area contributed by atoms with Crippen molar-refractivity contribution in [1.29, 1.82) is 0 Å². The van der Waals surface area contributed by atoms with Gasteiger partial charge in [0, 0.05) is 24.0 Å². The smallest absolute Gasteiger partial charge is 0.325 e. The fourth-order valence-corrected chi connectivity index (χ4v) is 3.48. The predicted octanol–water partition coefficient (Wildman–Crippen LogP) is 1.31. The van der Waals surface area contributed by atoms with Gasteiger partial charge in [0.1, 0.15) is 5.54 Å². The number of rotatable bonds is 3. The highest BCUT2D eigenvalue weighted by atomic mass is 32.1. The summed E-state index contributed by atoms with van der Waals surface area (Å²) in [6, 6.07) is 0.181. The van der Waals surface area contributed by atoms with Gasteiger partial charge < -0.3 is 10.8 Å². The predicted molar refractivity (Wildman–Crippen MR) is 70.7 cm³/mol. The van der Waals surface area contributed by atoms with E-state index in [9.17, 15) is 4.79 Å². The molecule has 0 aliphatic carbocycles. The van der Waals surface area contributed by atoms with Crippen molar-refractivity contribution >= 4 is 17.3 Å². The van der Waals surface area contributed by atoms with E-state index in [4.69, 9.17) is 10.8 Å². The van der Waals surface area contributed by atoms with Gasteiger partial charge in [0.15, 0.2) is 0 Å². The molecule has 0 bridgehead atoms. The third-order valence-corrected chi connectivity index (χ3v) is 4.87. The lowest BCUT2D eigenvalue weighted by Crippen LogP contribution is -2.50. The Morgan fingerprint density at radius 2 is 2.28 bits per heavy atom. The Labute approximate surface area is 111 Å². The number of carboxylic acid groups (broad SMARTS) is 1. The highest BCUT2D eigenvalue weighted by molar-refractivity contribution is 7.11. The van der Waals surface area contributed by atoms with Crippen molar-refractivity contribution < 1.29 is 9.90 Å². The van der Waals surface area contributed by atoms with Gasteiger partial charge in [-0.25, -0.2) is 4.98 Å². The number of aliphatic carboxylic acids is 1. The molecule has 1 saturated heterocycles. The van der Waals surface area contributed by atoms with Crippen LogP contribution in [0.3, 0.4) is 0 Å². The number of carboxylic acids is 1. The number of thiazole rings is 1. The van der Waals surface area contributed by atoms with Crippen LogP contribution in [0.15, 0.2) is 0 Å². The first-order valence-electron chi connectivity index (χ1n) is 6.04. The van der Waals surface area contributed by atoms with Crippen molar-refractivity contribution in [3.63, 3.8) is 0 Å². The fourth-order valence-electron chi connectivity index (χ4n) is 2.47. The van der Waals surface area contributed by atoms with E-state index in [-0.39, 0.29) is 6.04 Å². The highest BCUT2D eigenvalue weighted by Gasteiger charge is 2.43. The van der Waals surface area contributed by atoms with Crippen LogP contribution in [-0.2, 0) is 4.79 Å². The van der Waals surface area contributed by atoms with Crippen LogP contribution in [0.2, 0.25) is 0 Å². The van der Waals surface area contributed by atoms with Crippen molar-refractivity contribution in [3.8, 4) is 0 Å². The molecular weight excluding hydrogens is 250 g/mol. The Morgan fingerprint density at radius 1 is 1.61 bits per heavy atom. The molecule has 0 radical (unpaired) electrons. The molecule has 1 aromatic rings. The number of nitrogens with two attached hydrogens (primary N) is 1. The summed E-state index contributed by atoms with van der Waals surface area (Å²) in [6.45, 7) is 7.20. The van der Waals surface area contributed by atoms with Crippen molar-refractivity contribution in [2.24, 2.45) is 5.73 Å². The van der Waals surface area contributed by atoms with Crippen molar-refractivity contribution in [2.45, 2.75) is 38.8 Å². The topological polar surface area (TPSA) is 79.5 Å². The summed E-state index contributed by atoms with van der Waals surface area (Å²) < 4.78 is 0. The van der Waals surface area contributed by atoms with Crippen LogP contribution in [-0.4, -0.2) is 39.6 Å². The van der Waals surface area contributed by atoms with Gasteiger partial charge in [0.25, 0.3) is 0 Å². The number of likely N-dealkylation sites (tertiary alicyclic amines) is 1. The monoisotopic (exact) mass is 269 g/mol. The van der Waals surface area contributed by atoms with E-state index in [2.05, 4.69) is 16.8 Å². The zero-order valence-corrected chi connectivity index (χ0v) is 11.8. The highest BCUT2D eigenvalue weighted by Crippen LogP contribution is 2.33. The van der Waals surface area contributed by atoms with Crippen LogP contribution in [0.1, 0.15) is 35.0 Å². The quantitative estimate of drug-likeness (QED) is 0.865. The Kier molecular flexibility index (Phi) is 3.44. The molecule has 0 spiro atoms. The minimum atomic E-state index is -1.10. The molecule has 0 amide bonds. The molecule has 2 atom stereocenters. The number of carbonyl (C=O) groups is 1. The number of nitrogens with zero attached hydrogens (tertiary/aromatic N) is 2. The minimum Gasteiger partial charge on any atom is -0.480 e. The molecule has 1 fully saturated rings. The molecule has 2 heterocycles. The summed E-state index contributed by atoms with van der Waals surface area (Å²) in [5, 5.41) is 10.2. The first-order chi connectivity index (χ1) is 8.33. The Hall–Kier alpha value is -0.980. The van der Waals surface area contributed by atoms with Crippen LogP contribution in [0.5, 0.6) is 0 Å². The minimum absolute atomic E-state index is 0.181. The largest absolute Gasteiger partial charge is 0.480 e. The summed E-state index contributed by atoms with van der Waals surface area (Å²) in [6.07, 6.45) is 0.503. The third-order valence-electron chi connectivity index (χ3n) is 3.62. The second kappa shape index (κ2) is 4.60. The zero-order valence-electron chi connectivity index (χ0n) is 10.9. The first kappa shape index (κ1) is 13.5. The van der Waals surface area contributed by atoms with E-state index in [0.717, 1.165) is 17.2 Å². The maximum Gasteiger partial charge on any atom is 0.325 e. The summed E-state index contributed by atoms with van der Waals surface area (Å²) in [5.41, 5.74) is 5.84. The van der Waals surface area contributed by atoms with Crippen LogP contribution in [0, 0.1) is 13.8 Å². The maximum absolute atomic E-state index is 11.1. The molecule has 18 heavy (non-hydrogen) atoms. The number of aromatic nitrogens is 1. The lowest BCUT2D eigenvalue weighted by atomic mass is 10.0. The number of aryl methyl sites for hydroxylation is 2. The van der Waals surface area contributed by atoms with Gasteiger partial charge >= 0.3 is 5.97 Å². The second-order valence-electron chi connectivity index (χ2n) is 5.04. The zero-order chi connectivity index (χ0) is 13.5. The van der Waals surface area contributed by atoms with Gasteiger partial charge in [0.05, 0.1) is 10.7 Å². The Balaban J connectivity index is 2.15. The van der Waals surface area contributed by atoms with Crippen LogP contribution in [0.4, 0.5) is 0 Å². The van der Waals surface area contributed by atoms with E-state index < -0.39 is 11.5 Å². The normalized spacial score (nSPS) is 26.4.